The molecule has 0 aliphatic carbocycles. The number of carbonyl (C=O) groups excluding carboxylic acids is 2. The van der Waals surface area contributed by atoms with E-state index in [0.29, 0.717) is 28.4 Å². The van der Waals surface area contributed by atoms with Crippen LogP contribution < -0.4 is 15.5 Å². The van der Waals surface area contributed by atoms with Gasteiger partial charge in [0.05, 0.1) is 18.2 Å². The van der Waals surface area contributed by atoms with Crippen LogP contribution in [0.4, 0.5) is 14.9 Å². The van der Waals surface area contributed by atoms with E-state index in [4.69, 9.17) is 16.3 Å². The molecular weight excluding hydrogens is 447 g/mol. The molecule has 7 nitrogen and oxygen atoms in total. The Kier molecular flexibility index (Phi) is 7.15. The van der Waals surface area contributed by atoms with E-state index in [1.54, 1.807) is 19.1 Å². The van der Waals surface area contributed by atoms with Crippen molar-refractivity contribution in [3.05, 3.63) is 76.2 Å². The molecule has 0 bridgehead atoms. The minimum absolute atomic E-state index is 0.208. The molecule has 2 aliphatic rings. The topological polar surface area (TPSA) is 73.9 Å². The first-order chi connectivity index (χ1) is 15.9. The third-order valence-corrected chi connectivity index (χ3v) is 6.05. The van der Waals surface area contributed by atoms with Crippen molar-refractivity contribution in [1.82, 2.24) is 15.5 Å². The van der Waals surface area contributed by atoms with Gasteiger partial charge in [-0.3, -0.25) is 4.90 Å². The summed E-state index contributed by atoms with van der Waals surface area (Å²) in [5, 5.41) is 6.27. The molecule has 0 aromatic heterocycles. The third kappa shape index (κ3) is 5.46. The minimum atomic E-state index is -0.719. The second kappa shape index (κ2) is 10.2. The van der Waals surface area contributed by atoms with Gasteiger partial charge in [-0.05, 0) is 48.9 Å². The summed E-state index contributed by atoms with van der Waals surface area (Å²) in [5.74, 6) is -0.895. The van der Waals surface area contributed by atoms with Crippen LogP contribution in [-0.4, -0.2) is 56.2 Å². The van der Waals surface area contributed by atoms with Gasteiger partial charge in [-0.2, -0.15) is 0 Å². The SMILES string of the molecule is CCOC(=O)C1=C(CN2CCN(c3ccc(Cl)cc3)CC2)NC(=O)N[C@H]1c1ccc(F)cc1. The Balaban J connectivity index is 1.54. The first-order valence-electron chi connectivity index (χ1n) is 10.9. The Labute approximate surface area is 197 Å². The number of nitrogens with zero attached hydrogens (tertiary/aromatic N) is 2. The van der Waals surface area contributed by atoms with Crippen molar-refractivity contribution in [1.29, 1.82) is 0 Å². The van der Waals surface area contributed by atoms with Crippen LogP contribution in [0.5, 0.6) is 0 Å². The number of amides is 2. The molecule has 0 saturated carbocycles. The van der Waals surface area contributed by atoms with E-state index in [1.807, 2.05) is 24.3 Å². The van der Waals surface area contributed by atoms with Crippen LogP contribution in [0, 0.1) is 5.82 Å². The van der Waals surface area contributed by atoms with Crippen LogP contribution in [0.2, 0.25) is 5.02 Å². The molecule has 2 amide bonds. The fourth-order valence-electron chi connectivity index (χ4n) is 4.14. The second-order valence-electron chi connectivity index (χ2n) is 7.94. The lowest BCUT2D eigenvalue weighted by atomic mass is 9.95. The van der Waals surface area contributed by atoms with Crippen LogP contribution in [0.3, 0.4) is 0 Å². The summed E-state index contributed by atoms with van der Waals surface area (Å²) in [4.78, 5) is 29.8. The number of esters is 1. The van der Waals surface area contributed by atoms with Gasteiger partial charge in [-0.15, -0.1) is 0 Å². The van der Waals surface area contributed by atoms with Crippen molar-refractivity contribution in [2.75, 3.05) is 44.2 Å². The van der Waals surface area contributed by atoms with Crippen molar-refractivity contribution in [3.63, 3.8) is 0 Å². The molecule has 0 radical (unpaired) electrons. The maximum absolute atomic E-state index is 13.4. The normalized spacial score (nSPS) is 19.2. The lowest BCUT2D eigenvalue weighted by Gasteiger charge is -2.38. The summed E-state index contributed by atoms with van der Waals surface area (Å²) in [6.45, 7) is 5.46. The monoisotopic (exact) mass is 472 g/mol. The highest BCUT2D eigenvalue weighted by molar-refractivity contribution is 6.30. The fraction of sp³-hybridized carbons (Fsp3) is 0.333. The van der Waals surface area contributed by atoms with Gasteiger partial charge >= 0.3 is 12.0 Å². The Hall–Kier alpha value is -3.10. The highest BCUT2D eigenvalue weighted by Gasteiger charge is 2.34. The van der Waals surface area contributed by atoms with Gasteiger partial charge in [-0.25, -0.2) is 14.0 Å². The number of hydrogen-bond donors (Lipinski definition) is 2. The molecule has 0 spiro atoms. The molecule has 0 unspecified atom stereocenters. The predicted octanol–water partition coefficient (Wildman–Crippen LogP) is 3.47. The zero-order chi connectivity index (χ0) is 23.4. The molecule has 1 atom stereocenters. The van der Waals surface area contributed by atoms with Crippen molar-refractivity contribution in [2.45, 2.75) is 13.0 Å². The molecule has 2 heterocycles. The smallest absolute Gasteiger partial charge is 0.338 e. The fourth-order valence-corrected chi connectivity index (χ4v) is 4.26. The molecule has 174 valence electrons. The second-order valence-corrected chi connectivity index (χ2v) is 8.37. The number of hydrogen-bond acceptors (Lipinski definition) is 5. The summed E-state index contributed by atoms with van der Waals surface area (Å²) >= 11 is 5.99. The van der Waals surface area contributed by atoms with Gasteiger partial charge in [0.1, 0.15) is 5.82 Å². The first-order valence-corrected chi connectivity index (χ1v) is 11.3. The zero-order valence-corrected chi connectivity index (χ0v) is 19.1. The molecule has 1 fully saturated rings. The molecule has 9 heteroatoms. The van der Waals surface area contributed by atoms with E-state index in [-0.39, 0.29) is 12.4 Å². The van der Waals surface area contributed by atoms with Gasteiger partial charge in [0.15, 0.2) is 0 Å². The van der Waals surface area contributed by atoms with Crippen molar-refractivity contribution in [2.24, 2.45) is 0 Å². The van der Waals surface area contributed by atoms with E-state index in [2.05, 4.69) is 20.4 Å². The van der Waals surface area contributed by atoms with Crippen molar-refractivity contribution < 1.29 is 18.7 Å². The highest BCUT2D eigenvalue weighted by atomic mass is 35.5. The highest BCUT2D eigenvalue weighted by Crippen LogP contribution is 2.29. The molecule has 2 aliphatic heterocycles. The maximum Gasteiger partial charge on any atom is 0.338 e. The zero-order valence-electron chi connectivity index (χ0n) is 18.3. The van der Waals surface area contributed by atoms with Gasteiger partial charge in [-0.1, -0.05) is 23.7 Å². The summed E-state index contributed by atoms with van der Waals surface area (Å²) < 4.78 is 18.7. The molecule has 33 heavy (non-hydrogen) atoms. The van der Waals surface area contributed by atoms with E-state index >= 15 is 0 Å². The molecule has 1 saturated heterocycles. The quantitative estimate of drug-likeness (QED) is 0.630. The molecule has 2 N–H and O–H groups in total. The largest absolute Gasteiger partial charge is 0.463 e. The molecular formula is C24H26ClFN4O3. The average Bonchev–Trinajstić information content (AvgIpc) is 2.80. The molecule has 4 rings (SSSR count). The van der Waals surface area contributed by atoms with Gasteiger partial charge in [0.25, 0.3) is 0 Å². The Morgan fingerprint density at radius 2 is 1.76 bits per heavy atom. The number of urea groups is 1. The standard InChI is InChI=1S/C24H26ClFN4O3/c1-2-33-23(31)21-20(27-24(32)28-22(21)16-3-7-18(26)8-4-16)15-29-11-13-30(14-12-29)19-9-5-17(25)6-10-19/h3-10,22H,2,11-15H2,1H3,(H2,27,28,32)/t22-/m0/s1. The number of rotatable bonds is 6. The lowest BCUT2D eigenvalue weighted by molar-refractivity contribution is -0.139. The number of piperazine rings is 1. The number of benzene rings is 2. The number of nitrogens with one attached hydrogen (secondary N) is 2. The Morgan fingerprint density at radius 3 is 2.39 bits per heavy atom. The van der Waals surface area contributed by atoms with Crippen LogP contribution >= 0.6 is 11.6 Å². The maximum atomic E-state index is 13.4. The van der Waals surface area contributed by atoms with Crippen molar-refractivity contribution in [3.8, 4) is 0 Å². The number of halogens is 2. The van der Waals surface area contributed by atoms with E-state index in [0.717, 1.165) is 31.9 Å². The third-order valence-electron chi connectivity index (χ3n) is 5.80. The summed E-state index contributed by atoms with van der Waals surface area (Å²) in [6, 6.07) is 12.4. The Bertz CT molecular complexity index is 1030. The summed E-state index contributed by atoms with van der Waals surface area (Å²) in [7, 11) is 0. The number of anilines is 1. The van der Waals surface area contributed by atoms with Gasteiger partial charge in [0, 0.05) is 49.1 Å². The van der Waals surface area contributed by atoms with E-state index in [1.165, 1.54) is 12.1 Å². The average molecular weight is 473 g/mol. The minimum Gasteiger partial charge on any atom is -0.463 e. The molecule has 2 aromatic rings. The van der Waals surface area contributed by atoms with E-state index in [9.17, 15) is 14.0 Å². The van der Waals surface area contributed by atoms with Crippen LogP contribution in [0.25, 0.3) is 0 Å². The number of ether oxygens (including phenoxy) is 1. The van der Waals surface area contributed by atoms with Crippen molar-refractivity contribution >= 4 is 29.3 Å². The van der Waals surface area contributed by atoms with Gasteiger partial charge < -0.3 is 20.3 Å². The number of carbonyl (C=O) groups is 2. The lowest BCUT2D eigenvalue weighted by Crippen LogP contribution is -2.51. The first kappa shape index (κ1) is 23.1. The Morgan fingerprint density at radius 1 is 1.09 bits per heavy atom. The summed E-state index contributed by atoms with van der Waals surface area (Å²) in [6.07, 6.45) is 0. The van der Waals surface area contributed by atoms with E-state index < -0.39 is 18.0 Å². The van der Waals surface area contributed by atoms with Crippen LogP contribution in [-0.2, 0) is 9.53 Å². The van der Waals surface area contributed by atoms with Crippen LogP contribution in [0.15, 0.2) is 59.8 Å². The molecule has 2 aromatic carbocycles. The van der Waals surface area contributed by atoms with Crippen LogP contribution in [0.1, 0.15) is 18.5 Å². The predicted molar refractivity (Wildman–Crippen MR) is 125 cm³/mol. The van der Waals surface area contributed by atoms with Gasteiger partial charge in [0.2, 0.25) is 0 Å². The summed E-state index contributed by atoms with van der Waals surface area (Å²) in [5.41, 5.74) is 2.56.